The second-order valence-corrected chi connectivity index (χ2v) is 6.05. The fourth-order valence-electron chi connectivity index (χ4n) is 2.58. The molecular weight excluding hydrogens is 356 g/mol. The van der Waals surface area contributed by atoms with E-state index < -0.39 is 17.8 Å². The van der Waals surface area contributed by atoms with Gasteiger partial charge < -0.3 is 10.1 Å². The Morgan fingerprint density at radius 2 is 1.77 bits per heavy atom. The molecule has 1 N–H and O–H groups in total. The Morgan fingerprint density at radius 1 is 1.08 bits per heavy atom. The highest BCUT2D eigenvalue weighted by Gasteiger charge is 2.39. The van der Waals surface area contributed by atoms with Crippen molar-refractivity contribution in [3.8, 4) is 0 Å². The molecule has 26 heavy (non-hydrogen) atoms. The van der Waals surface area contributed by atoms with Gasteiger partial charge in [-0.3, -0.25) is 9.59 Å². The number of carbonyl (C=O) groups is 3. The molecule has 0 aliphatic carbocycles. The van der Waals surface area contributed by atoms with Gasteiger partial charge in [-0.2, -0.15) is 0 Å². The summed E-state index contributed by atoms with van der Waals surface area (Å²) in [6, 6.07) is 13.3. The van der Waals surface area contributed by atoms with Gasteiger partial charge in [-0.1, -0.05) is 23.7 Å². The third-order valence-electron chi connectivity index (χ3n) is 3.86. The standard InChI is InChI=1S/C19H15ClN2O4/c1-11-4-3-5-13(10-11)21-16-15(20)17(23)22(18(16)24)14-8-6-12(7-9-14)19(25)26-2/h3-10,21H,1-2H3. The summed E-state index contributed by atoms with van der Waals surface area (Å²) in [4.78, 5) is 37.6. The average molecular weight is 371 g/mol. The number of hydrogen-bond acceptors (Lipinski definition) is 5. The summed E-state index contributed by atoms with van der Waals surface area (Å²) in [7, 11) is 1.27. The molecule has 3 rings (SSSR count). The number of carbonyl (C=O) groups excluding carboxylic acids is 3. The van der Waals surface area contributed by atoms with Crippen LogP contribution in [0.5, 0.6) is 0 Å². The van der Waals surface area contributed by atoms with Crippen molar-refractivity contribution in [2.45, 2.75) is 6.92 Å². The van der Waals surface area contributed by atoms with Gasteiger partial charge >= 0.3 is 5.97 Å². The minimum atomic E-state index is -0.627. The molecule has 1 aliphatic rings. The number of imide groups is 1. The molecule has 0 radical (unpaired) electrons. The lowest BCUT2D eigenvalue weighted by Crippen LogP contribution is -2.32. The van der Waals surface area contributed by atoms with E-state index in [1.54, 1.807) is 6.07 Å². The number of rotatable bonds is 4. The van der Waals surface area contributed by atoms with Crippen LogP contribution in [-0.2, 0) is 14.3 Å². The molecule has 0 bridgehead atoms. The normalized spacial score (nSPS) is 14.0. The summed E-state index contributed by atoms with van der Waals surface area (Å²) >= 11 is 6.09. The van der Waals surface area contributed by atoms with Crippen LogP contribution in [0.2, 0.25) is 0 Å². The first kappa shape index (κ1) is 17.7. The second-order valence-electron chi connectivity index (χ2n) is 5.67. The van der Waals surface area contributed by atoms with Gasteiger partial charge in [0.1, 0.15) is 10.7 Å². The van der Waals surface area contributed by atoms with Crippen LogP contribution in [0.25, 0.3) is 0 Å². The van der Waals surface area contributed by atoms with E-state index in [0.717, 1.165) is 10.5 Å². The van der Waals surface area contributed by atoms with E-state index in [4.69, 9.17) is 11.6 Å². The van der Waals surface area contributed by atoms with Crippen molar-refractivity contribution in [1.82, 2.24) is 0 Å². The number of hydrogen-bond donors (Lipinski definition) is 1. The molecule has 2 amide bonds. The molecule has 6 nitrogen and oxygen atoms in total. The zero-order valence-electron chi connectivity index (χ0n) is 14.1. The van der Waals surface area contributed by atoms with Crippen LogP contribution < -0.4 is 10.2 Å². The maximum Gasteiger partial charge on any atom is 0.337 e. The largest absolute Gasteiger partial charge is 0.465 e. The van der Waals surface area contributed by atoms with Crippen LogP contribution in [0.1, 0.15) is 15.9 Å². The Hall–Kier alpha value is -3.12. The van der Waals surface area contributed by atoms with Crippen LogP contribution in [0.15, 0.2) is 59.3 Å². The second kappa shape index (κ2) is 7.01. The molecule has 0 fully saturated rings. The molecular formula is C19H15ClN2O4. The third-order valence-corrected chi connectivity index (χ3v) is 4.21. The monoisotopic (exact) mass is 370 g/mol. The zero-order chi connectivity index (χ0) is 18.8. The Labute approximate surface area is 155 Å². The molecule has 0 saturated heterocycles. The van der Waals surface area contributed by atoms with E-state index >= 15 is 0 Å². The fraction of sp³-hybridized carbons (Fsp3) is 0.105. The van der Waals surface area contributed by atoms with Gasteiger partial charge in [0.15, 0.2) is 0 Å². The van der Waals surface area contributed by atoms with Crippen molar-refractivity contribution in [2.75, 3.05) is 17.3 Å². The van der Waals surface area contributed by atoms with Crippen molar-refractivity contribution >= 4 is 40.8 Å². The van der Waals surface area contributed by atoms with Crippen molar-refractivity contribution in [2.24, 2.45) is 0 Å². The van der Waals surface area contributed by atoms with E-state index in [9.17, 15) is 14.4 Å². The first-order valence-corrected chi connectivity index (χ1v) is 8.11. The Balaban J connectivity index is 1.87. The van der Waals surface area contributed by atoms with Gasteiger partial charge in [-0.25, -0.2) is 9.69 Å². The molecule has 7 heteroatoms. The third kappa shape index (κ3) is 3.19. The summed E-state index contributed by atoms with van der Waals surface area (Å²) < 4.78 is 4.63. The molecule has 0 spiro atoms. The van der Waals surface area contributed by atoms with Gasteiger partial charge in [-0.05, 0) is 48.9 Å². The van der Waals surface area contributed by atoms with Crippen LogP contribution in [0.3, 0.4) is 0 Å². The van der Waals surface area contributed by atoms with Crippen LogP contribution in [-0.4, -0.2) is 24.9 Å². The number of halogens is 1. The van der Waals surface area contributed by atoms with E-state index in [-0.39, 0.29) is 10.7 Å². The zero-order valence-corrected chi connectivity index (χ0v) is 14.8. The summed E-state index contributed by atoms with van der Waals surface area (Å²) in [6.45, 7) is 1.91. The number of nitrogens with zero attached hydrogens (tertiary/aromatic N) is 1. The lowest BCUT2D eigenvalue weighted by molar-refractivity contribution is -0.120. The summed E-state index contributed by atoms with van der Waals surface area (Å²) in [5.74, 6) is -1.70. The van der Waals surface area contributed by atoms with Crippen LogP contribution >= 0.6 is 11.6 Å². The summed E-state index contributed by atoms with van der Waals surface area (Å²) in [5.41, 5.74) is 2.29. The fourth-order valence-corrected chi connectivity index (χ4v) is 2.79. The van der Waals surface area contributed by atoms with Crippen LogP contribution in [0, 0.1) is 6.92 Å². The Bertz CT molecular complexity index is 935. The van der Waals surface area contributed by atoms with Crippen LogP contribution in [0.4, 0.5) is 11.4 Å². The molecule has 0 unspecified atom stereocenters. The molecule has 1 aliphatic heterocycles. The highest BCUT2D eigenvalue weighted by atomic mass is 35.5. The molecule has 2 aromatic rings. The van der Waals surface area contributed by atoms with Gasteiger partial charge in [0, 0.05) is 5.69 Å². The average Bonchev–Trinajstić information content (AvgIpc) is 2.85. The van der Waals surface area contributed by atoms with Gasteiger partial charge in [-0.15, -0.1) is 0 Å². The topological polar surface area (TPSA) is 75.7 Å². The highest BCUT2D eigenvalue weighted by molar-refractivity contribution is 6.53. The van der Waals surface area contributed by atoms with Gasteiger partial charge in [0.2, 0.25) is 0 Å². The number of esters is 1. The van der Waals surface area contributed by atoms with E-state index in [2.05, 4.69) is 10.1 Å². The number of amides is 2. The minimum absolute atomic E-state index is 0.0133. The smallest absolute Gasteiger partial charge is 0.337 e. The Morgan fingerprint density at radius 3 is 2.38 bits per heavy atom. The van der Waals surface area contributed by atoms with E-state index in [0.29, 0.717) is 16.9 Å². The predicted molar refractivity (Wildman–Crippen MR) is 98.0 cm³/mol. The van der Waals surface area contributed by atoms with E-state index in [1.807, 2.05) is 25.1 Å². The Kier molecular flexibility index (Phi) is 4.77. The van der Waals surface area contributed by atoms with Crippen molar-refractivity contribution in [3.05, 3.63) is 70.4 Å². The molecule has 0 atom stereocenters. The van der Waals surface area contributed by atoms with E-state index in [1.165, 1.54) is 31.4 Å². The number of ether oxygens (including phenoxy) is 1. The van der Waals surface area contributed by atoms with Gasteiger partial charge in [0.25, 0.3) is 11.8 Å². The number of nitrogens with one attached hydrogen (secondary N) is 1. The molecule has 2 aromatic carbocycles. The molecule has 0 aromatic heterocycles. The maximum absolute atomic E-state index is 12.7. The lowest BCUT2D eigenvalue weighted by Gasteiger charge is -2.15. The number of aryl methyl sites for hydroxylation is 1. The first-order valence-electron chi connectivity index (χ1n) is 7.73. The first-order chi connectivity index (χ1) is 12.4. The SMILES string of the molecule is COC(=O)c1ccc(N2C(=O)C(Cl)=C(Nc3cccc(C)c3)C2=O)cc1. The summed E-state index contributed by atoms with van der Waals surface area (Å²) in [6.07, 6.45) is 0. The van der Waals surface area contributed by atoms with Crippen molar-refractivity contribution < 1.29 is 19.1 Å². The predicted octanol–water partition coefficient (Wildman–Crippen LogP) is 3.22. The summed E-state index contributed by atoms with van der Waals surface area (Å²) in [5, 5.41) is 2.73. The molecule has 1 heterocycles. The molecule has 0 saturated carbocycles. The van der Waals surface area contributed by atoms with Crippen molar-refractivity contribution in [3.63, 3.8) is 0 Å². The lowest BCUT2D eigenvalue weighted by atomic mass is 10.2. The highest BCUT2D eigenvalue weighted by Crippen LogP contribution is 2.30. The number of anilines is 2. The molecule has 132 valence electrons. The van der Waals surface area contributed by atoms with Crippen molar-refractivity contribution in [1.29, 1.82) is 0 Å². The number of benzene rings is 2. The van der Waals surface area contributed by atoms with Gasteiger partial charge in [0.05, 0.1) is 18.4 Å². The quantitative estimate of drug-likeness (QED) is 0.660. The number of methoxy groups -OCH3 is 1. The maximum atomic E-state index is 12.7. The minimum Gasteiger partial charge on any atom is -0.465 e.